The van der Waals surface area contributed by atoms with Crippen molar-refractivity contribution in [3.63, 3.8) is 0 Å². The standard InChI is InChI=1S/C17H25BrN6O2/c1-5-10-8-20-24-13(19)12(18)15(22-14(10)24)23-7-6-11(9-23)21-16(25)26-17(2,3)4/h8,11H,5-7,9,19H2,1-4H3,(H,21,25)/t11-/m0/s1. The van der Waals surface area contributed by atoms with E-state index < -0.39 is 11.7 Å². The van der Waals surface area contributed by atoms with E-state index in [0.29, 0.717) is 16.8 Å². The van der Waals surface area contributed by atoms with E-state index in [4.69, 9.17) is 15.5 Å². The lowest BCUT2D eigenvalue weighted by Crippen LogP contribution is -2.40. The minimum atomic E-state index is -0.509. The second kappa shape index (κ2) is 6.94. The number of aromatic nitrogens is 3. The number of nitrogens with zero attached hydrogens (tertiary/aromatic N) is 4. The third kappa shape index (κ3) is 3.72. The molecule has 0 radical (unpaired) electrons. The third-order valence-corrected chi connectivity index (χ3v) is 5.03. The summed E-state index contributed by atoms with van der Waals surface area (Å²) in [5, 5.41) is 7.24. The highest BCUT2D eigenvalue weighted by Crippen LogP contribution is 2.33. The van der Waals surface area contributed by atoms with Crippen molar-refractivity contribution in [3.8, 4) is 0 Å². The van der Waals surface area contributed by atoms with E-state index in [1.54, 1.807) is 10.7 Å². The van der Waals surface area contributed by atoms with E-state index in [1.165, 1.54) is 0 Å². The fraction of sp³-hybridized carbons (Fsp3) is 0.588. The molecule has 1 aliphatic heterocycles. The lowest BCUT2D eigenvalue weighted by molar-refractivity contribution is 0.0509. The minimum absolute atomic E-state index is 0.00607. The van der Waals surface area contributed by atoms with Gasteiger partial charge in [-0.15, -0.1) is 0 Å². The normalized spacial score (nSPS) is 17.7. The van der Waals surface area contributed by atoms with Crippen molar-refractivity contribution in [2.75, 3.05) is 23.7 Å². The second-order valence-electron chi connectivity index (χ2n) is 7.47. The maximum absolute atomic E-state index is 12.0. The Morgan fingerprint density at radius 3 is 2.88 bits per heavy atom. The molecule has 0 unspecified atom stereocenters. The lowest BCUT2D eigenvalue weighted by atomic mass is 10.2. The SMILES string of the molecule is CCc1cnn2c(N)c(Br)c(N3CC[C@H](NC(=O)OC(C)(C)C)C3)nc12. The first-order chi connectivity index (χ1) is 12.2. The number of rotatable bonds is 3. The number of carbonyl (C=O) groups is 1. The monoisotopic (exact) mass is 424 g/mol. The number of carbonyl (C=O) groups excluding carboxylic acids is 1. The number of fused-ring (bicyclic) bond motifs is 1. The lowest BCUT2D eigenvalue weighted by Gasteiger charge is -2.23. The van der Waals surface area contributed by atoms with Gasteiger partial charge in [-0.05, 0) is 49.5 Å². The van der Waals surface area contributed by atoms with Crippen LogP contribution in [0.2, 0.25) is 0 Å². The Labute approximate surface area is 161 Å². The van der Waals surface area contributed by atoms with Crippen molar-refractivity contribution in [1.29, 1.82) is 0 Å². The van der Waals surface area contributed by atoms with E-state index in [1.807, 2.05) is 20.8 Å². The summed E-state index contributed by atoms with van der Waals surface area (Å²) in [4.78, 5) is 18.9. The van der Waals surface area contributed by atoms with Gasteiger partial charge in [0.15, 0.2) is 5.65 Å². The molecule has 0 aliphatic carbocycles. The summed E-state index contributed by atoms with van der Waals surface area (Å²) >= 11 is 3.55. The molecule has 1 fully saturated rings. The molecule has 1 saturated heterocycles. The average Bonchev–Trinajstić information content (AvgIpc) is 3.15. The summed E-state index contributed by atoms with van der Waals surface area (Å²) < 4.78 is 7.70. The summed E-state index contributed by atoms with van der Waals surface area (Å²) in [6.07, 6.45) is 3.06. The van der Waals surface area contributed by atoms with Crippen LogP contribution in [0.1, 0.15) is 39.7 Å². The number of aryl methyl sites for hydroxylation is 1. The molecule has 1 aliphatic rings. The van der Waals surface area contributed by atoms with E-state index in [0.717, 1.165) is 36.4 Å². The van der Waals surface area contributed by atoms with Gasteiger partial charge in [-0.25, -0.2) is 9.78 Å². The number of hydrogen-bond donors (Lipinski definition) is 2. The molecule has 0 aromatic carbocycles. The van der Waals surface area contributed by atoms with Crippen molar-refractivity contribution in [1.82, 2.24) is 19.9 Å². The molecule has 1 atom stereocenters. The van der Waals surface area contributed by atoms with Gasteiger partial charge in [-0.3, -0.25) is 0 Å². The molecule has 1 amide bonds. The van der Waals surface area contributed by atoms with Gasteiger partial charge in [0.05, 0.1) is 12.2 Å². The summed E-state index contributed by atoms with van der Waals surface area (Å²) in [6, 6.07) is 0.00607. The number of amides is 1. The Morgan fingerprint density at radius 1 is 1.50 bits per heavy atom. The van der Waals surface area contributed by atoms with Crippen molar-refractivity contribution in [2.24, 2.45) is 0 Å². The molecule has 2 aromatic heterocycles. The van der Waals surface area contributed by atoms with Gasteiger partial charge in [0.1, 0.15) is 21.7 Å². The highest BCUT2D eigenvalue weighted by molar-refractivity contribution is 9.10. The molecule has 8 nitrogen and oxygen atoms in total. The number of nitrogens with two attached hydrogens (primary N) is 1. The Kier molecular flexibility index (Phi) is 5.01. The van der Waals surface area contributed by atoms with Crippen LogP contribution in [0.25, 0.3) is 5.65 Å². The highest BCUT2D eigenvalue weighted by Gasteiger charge is 2.29. The Hall–Kier alpha value is -2.03. The first-order valence-electron chi connectivity index (χ1n) is 8.75. The van der Waals surface area contributed by atoms with Gasteiger partial charge in [0, 0.05) is 18.7 Å². The first kappa shape index (κ1) is 18.8. The van der Waals surface area contributed by atoms with Gasteiger partial charge >= 0.3 is 6.09 Å². The summed E-state index contributed by atoms with van der Waals surface area (Å²) in [6.45, 7) is 9.04. The minimum Gasteiger partial charge on any atom is -0.444 e. The number of hydrogen-bond acceptors (Lipinski definition) is 6. The van der Waals surface area contributed by atoms with Crippen LogP contribution in [0, 0.1) is 0 Å². The molecule has 3 rings (SSSR count). The van der Waals surface area contributed by atoms with Crippen molar-refractivity contribution in [3.05, 3.63) is 16.2 Å². The zero-order valence-electron chi connectivity index (χ0n) is 15.5. The van der Waals surface area contributed by atoms with Crippen LogP contribution in [0.5, 0.6) is 0 Å². The number of nitrogen functional groups attached to an aromatic ring is 1. The maximum Gasteiger partial charge on any atom is 0.407 e. The molecular formula is C17H25BrN6O2. The summed E-state index contributed by atoms with van der Waals surface area (Å²) in [5.74, 6) is 1.30. The Morgan fingerprint density at radius 2 is 2.23 bits per heavy atom. The smallest absolute Gasteiger partial charge is 0.407 e. The highest BCUT2D eigenvalue weighted by atomic mass is 79.9. The molecule has 2 aromatic rings. The summed E-state index contributed by atoms with van der Waals surface area (Å²) in [5.41, 5.74) is 7.55. The Balaban J connectivity index is 1.78. The van der Waals surface area contributed by atoms with Crippen LogP contribution in [-0.4, -0.2) is 45.4 Å². The van der Waals surface area contributed by atoms with Gasteiger partial charge in [-0.1, -0.05) is 6.92 Å². The zero-order chi connectivity index (χ0) is 19.1. The average molecular weight is 425 g/mol. The molecular weight excluding hydrogens is 400 g/mol. The predicted octanol–water partition coefficient (Wildman–Crippen LogP) is 2.74. The van der Waals surface area contributed by atoms with Crippen LogP contribution >= 0.6 is 15.9 Å². The van der Waals surface area contributed by atoms with E-state index in [-0.39, 0.29) is 6.04 Å². The third-order valence-electron chi connectivity index (χ3n) is 4.27. The number of alkyl carbamates (subject to hydrolysis) is 1. The first-order valence-corrected chi connectivity index (χ1v) is 9.55. The van der Waals surface area contributed by atoms with Crippen molar-refractivity contribution < 1.29 is 9.53 Å². The van der Waals surface area contributed by atoms with Crippen molar-refractivity contribution >= 4 is 39.3 Å². The molecule has 26 heavy (non-hydrogen) atoms. The van der Waals surface area contributed by atoms with Gasteiger partial charge in [-0.2, -0.15) is 9.61 Å². The van der Waals surface area contributed by atoms with Crippen LogP contribution in [0.15, 0.2) is 10.7 Å². The number of ether oxygens (including phenoxy) is 1. The molecule has 0 spiro atoms. The molecule has 9 heteroatoms. The molecule has 142 valence electrons. The fourth-order valence-electron chi connectivity index (χ4n) is 3.03. The van der Waals surface area contributed by atoms with Gasteiger partial charge in [0.2, 0.25) is 0 Å². The van der Waals surface area contributed by atoms with Gasteiger partial charge in [0.25, 0.3) is 0 Å². The second-order valence-corrected chi connectivity index (χ2v) is 8.26. The fourth-order valence-corrected chi connectivity index (χ4v) is 3.54. The Bertz CT molecular complexity index is 829. The molecule has 3 N–H and O–H groups in total. The zero-order valence-corrected chi connectivity index (χ0v) is 17.1. The van der Waals surface area contributed by atoms with E-state index in [9.17, 15) is 4.79 Å². The maximum atomic E-state index is 12.0. The summed E-state index contributed by atoms with van der Waals surface area (Å²) in [7, 11) is 0. The predicted molar refractivity (Wildman–Crippen MR) is 104 cm³/mol. The number of anilines is 2. The van der Waals surface area contributed by atoms with E-state index >= 15 is 0 Å². The quantitative estimate of drug-likeness (QED) is 0.785. The molecule has 0 saturated carbocycles. The number of halogens is 1. The van der Waals surface area contributed by atoms with Crippen LogP contribution in [-0.2, 0) is 11.2 Å². The molecule has 3 heterocycles. The van der Waals surface area contributed by atoms with Crippen LogP contribution in [0.4, 0.5) is 16.4 Å². The van der Waals surface area contributed by atoms with E-state index in [2.05, 4.69) is 38.2 Å². The topological polar surface area (TPSA) is 97.8 Å². The van der Waals surface area contributed by atoms with Gasteiger partial charge < -0.3 is 20.7 Å². The molecule has 0 bridgehead atoms. The van der Waals surface area contributed by atoms with Crippen molar-refractivity contribution in [2.45, 2.75) is 52.2 Å². The largest absolute Gasteiger partial charge is 0.444 e. The van der Waals surface area contributed by atoms with Crippen LogP contribution in [0.3, 0.4) is 0 Å². The number of nitrogens with one attached hydrogen (secondary N) is 1. The van der Waals surface area contributed by atoms with Crippen LogP contribution < -0.4 is 16.0 Å².